The van der Waals surface area contributed by atoms with Crippen LogP contribution in [-0.2, 0) is 0 Å². The average molecular weight is 259 g/mol. The Labute approximate surface area is 116 Å². The van der Waals surface area contributed by atoms with E-state index in [1.54, 1.807) is 24.3 Å². The van der Waals surface area contributed by atoms with Crippen LogP contribution in [0.3, 0.4) is 0 Å². The van der Waals surface area contributed by atoms with E-state index in [-0.39, 0.29) is 5.78 Å². The van der Waals surface area contributed by atoms with Gasteiger partial charge in [0.2, 0.25) is 0 Å². The summed E-state index contributed by atoms with van der Waals surface area (Å²) in [4.78, 5) is 12.2. The molecule has 0 spiro atoms. The summed E-state index contributed by atoms with van der Waals surface area (Å²) in [5.41, 5.74) is 7.69. The van der Waals surface area contributed by atoms with Crippen LogP contribution >= 0.6 is 0 Å². The van der Waals surface area contributed by atoms with Gasteiger partial charge in [0, 0.05) is 11.3 Å². The molecule has 1 aromatic rings. The fraction of sp³-hybridized carbons (Fsp3) is 0.471. The monoisotopic (exact) mass is 259 g/mol. The Morgan fingerprint density at radius 3 is 2.37 bits per heavy atom. The van der Waals surface area contributed by atoms with Crippen molar-refractivity contribution >= 4 is 11.5 Å². The molecular formula is C17H25NO. The maximum absolute atomic E-state index is 12.2. The van der Waals surface area contributed by atoms with Crippen LogP contribution in [0.5, 0.6) is 0 Å². The molecule has 2 nitrogen and oxygen atoms in total. The predicted octanol–water partition coefficient (Wildman–Crippen LogP) is 4.61. The first-order valence-electron chi connectivity index (χ1n) is 7.16. The Hall–Kier alpha value is -1.57. The minimum Gasteiger partial charge on any atom is -0.399 e. The summed E-state index contributed by atoms with van der Waals surface area (Å²) in [6.07, 6.45) is 5.47. The molecule has 19 heavy (non-hydrogen) atoms. The number of nitrogens with two attached hydrogens (primary N) is 1. The Bertz CT molecular complexity index is 419. The molecule has 0 radical (unpaired) electrons. The highest BCUT2D eigenvalue weighted by molar-refractivity contribution is 6.08. The zero-order valence-corrected chi connectivity index (χ0v) is 12.1. The van der Waals surface area contributed by atoms with E-state index in [4.69, 9.17) is 5.73 Å². The Morgan fingerprint density at radius 1 is 1.21 bits per heavy atom. The van der Waals surface area contributed by atoms with Crippen molar-refractivity contribution in [3.05, 3.63) is 42.0 Å². The van der Waals surface area contributed by atoms with E-state index in [0.29, 0.717) is 22.7 Å². The first kappa shape index (κ1) is 15.5. The lowest BCUT2D eigenvalue weighted by atomic mass is 9.91. The first-order chi connectivity index (χ1) is 9.08. The van der Waals surface area contributed by atoms with Crippen LogP contribution in [0.1, 0.15) is 56.3 Å². The van der Waals surface area contributed by atoms with Crippen LogP contribution in [0, 0.1) is 5.92 Å². The summed E-state index contributed by atoms with van der Waals surface area (Å²) in [6.45, 7) is 8.36. The summed E-state index contributed by atoms with van der Waals surface area (Å²) >= 11 is 0. The van der Waals surface area contributed by atoms with Crippen LogP contribution in [0.2, 0.25) is 0 Å². The van der Waals surface area contributed by atoms with Gasteiger partial charge in [-0.3, -0.25) is 4.79 Å². The standard InChI is InChI=1S/C17H25NO/c1-4-6-14(5-2)8-7-13(3)17(19)15-9-11-16(18)12-10-15/h9-12,14H,3-8,18H2,1-2H3. The molecule has 1 rings (SSSR count). The fourth-order valence-corrected chi connectivity index (χ4v) is 2.29. The predicted molar refractivity (Wildman–Crippen MR) is 82.2 cm³/mol. The number of allylic oxidation sites excluding steroid dienone is 1. The average Bonchev–Trinajstić information content (AvgIpc) is 2.43. The van der Waals surface area contributed by atoms with Gasteiger partial charge in [-0.15, -0.1) is 0 Å². The van der Waals surface area contributed by atoms with Gasteiger partial charge >= 0.3 is 0 Å². The summed E-state index contributed by atoms with van der Waals surface area (Å²) < 4.78 is 0. The van der Waals surface area contributed by atoms with Crippen molar-refractivity contribution < 1.29 is 4.79 Å². The molecule has 0 bridgehead atoms. The van der Waals surface area contributed by atoms with E-state index < -0.39 is 0 Å². The van der Waals surface area contributed by atoms with Crippen molar-refractivity contribution in [3.8, 4) is 0 Å². The maximum Gasteiger partial charge on any atom is 0.188 e. The first-order valence-corrected chi connectivity index (χ1v) is 7.16. The Morgan fingerprint density at radius 2 is 1.84 bits per heavy atom. The molecule has 0 saturated carbocycles. The van der Waals surface area contributed by atoms with Crippen LogP contribution in [0.25, 0.3) is 0 Å². The molecular weight excluding hydrogens is 234 g/mol. The maximum atomic E-state index is 12.2. The third-order valence-corrected chi connectivity index (χ3v) is 3.62. The highest BCUT2D eigenvalue weighted by Crippen LogP contribution is 2.21. The van der Waals surface area contributed by atoms with E-state index in [1.807, 2.05) is 0 Å². The van der Waals surface area contributed by atoms with Gasteiger partial charge < -0.3 is 5.73 Å². The van der Waals surface area contributed by atoms with Gasteiger partial charge in [0.1, 0.15) is 0 Å². The number of nitrogen functional groups attached to an aromatic ring is 1. The SMILES string of the molecule is C=C(CCC(CC)CCC)C(=O)c1ccc(N)cc1. The van der Waals surface area contributed by atoms with E-state index in [9.17, 15) is 4.79 Å². The van der Waals surface area contributed by atoms with E-state index in [2.05, 4.69) is 20.4 Å². The highest BCUT2D eigenvalue weighted by atomic mass is 16.1. The highest BCUT2D eigenvalue weighted by Gasteiger charge is 2.12. The van der Waals surface area contributed by atoms with Crippen molar-refractivity contribution in [2.45, 2.75) is 46.0 Å². The van der Waals surface area contributed by atoms with Crippen molar-refractivity contribution in [1.82, 2.24) is 0 Å². The molecule has 0 amide bonds. The fourth-order valence-electron chi connectivity index (χ4n) is 2.29. The number of hydrogen-bond acceptors (Lipinski definition) is 2. The summed E-state index contributed by atoms with van der Waals surface area (Å²) in [5.74, 6) is 0.757. The Balaban J connectivity index is 2.53. The number of benzene rings is 1. The van der Waals surface area contributed by atoms with Crippen molar-refractivity contribution in [2.75, 3.05) is 5.73 Å². The number of Topliss-reactive ketones (excluding diaryl/α,β-unsaturated/α-hetero) is 1. The molecule has 0 aliphatic heterocycles. The van der Waals surface area contributed by atoms with E-state index in [0.717, 1.165) is 12.8 Å². The summed E-state index contributed by atoms with van der Waals surface area (Å²) in [5, 5.41) is 0. The zero-order chi connectivity index (χ0) is 14.3. The lowest BCUT2D eigenvalue weighted by molar-refractivity contribution is 0.103. The third-order valence-electron chi connectivity index (χ3n) is 3.62. The minimum absolute atomic E-state index is 0.0475. The van der Waals surface area contributed by atoms with Crippen molar-refractivity contribution in [1.29, 1.82) is 0 Å². The van der Waals surface area contributed by atoms with Gasteiger partial charge in [-0.1, -0.05) is 39.7 Å². The largest absolute Gasteiger partial charge is 0.399 e. The number of rotatable bonds is 8. The lowest BCUT2D eigenvalue weighted by Crippen LogP contribution is -2.06. The number of anilines is 1. The lowest BCUT2D eigenvalue weighted by Gasteiger charge is -2.14. The van der Waals surface area contributed by atoms with Crippen LogP contribution in [0.15, 0.2) is 36.4 Å². The summed E-state index contributed by atoms with van der Waals surface area (Å²) in [6, 6.07) is 7.05. The van der Waals surface area contributed by atoms with Gasteiger partial charge in [0.05, 0.1) is 0 Å². The molecule has 1 aromatic carbocycles. The number of carbonyl (C=O) groups is 1. The second kappa shape index (κ2) is 7.78. The zero-order valence-electron chi connectivity index (χ0n) is 12.1. The van der Waals surface area contributed by atoms with Gasteiger partial charge in [-0.25, -0.2) is 0 Å². The minimum atomic E-state index is 0.0475. The smallest absolute Gasteiger partial charge is 0.188 e. The number of carbonyl (C=O) groups excluding carboxylic acids is 1. The summed E-state index contributed by atoms with van der Waals surface area (Å²) in [7, 11) is 0. The number of hydrogen-bond donors (Lipinski definition) is 1. The number of ketones is 1. The van der Waals surface area contributed by atoms with Gasteiger partial charge in [-0.2, -0.15) is 0 Å². The second-order valence-electron chi connectivity index (χ2n) is 5.16. The molecule has 0 heterocycles. The molecule has 0 fully saturated rings. The molecule has 0 aromatic heterocycles. The van der Waals surface area contributed by atoms with E-state index in [1.165, 1.54) is 19.3 Å². The normalized spacial score (nSPS) is 12.1. The molecule has 1 unspecified atom stereocenters. The molecule has 104 valence electrons. The molecule has 0 aliphatic rings. The van der Waals surface area contributed by atoms with Crippen LogP contribution in [-0.4, -0.2) is 5.78 Å². The van der Waals surface area contributed by atoms with Crippen LogP contribution < -0.4 is 5.73 Å². The van der Waals surface area contributed by atoms with Crippen molar-refractivity contribution in [2.24, 2.45) is 5.92 Å². The Kier molecular flexibility index (Phi) is 6.34. The molecule has 2 N–H and O–H groups in total. The van der Waals surface area contributed by atoms with Gasteiger partial charge in [0.25, 0.3) is 0 Å². The van der Waals surface area contributed by atoms with Gasteiger partial charge in [0.15, 0.2) is 5.78 Å². The quantitative estimate of drug-likeness (QED) is 0.421. The van der Waals surface area contributed by atoms with Crippen molar-refractivity contribution in [3.63, 3.8) is 0 Å². The molecule has 0 aliphatic carbocycles. The molecule has 2 heteroatoms. The van der Waals surface area contributed by atoms with Gasteiger partial charge in [-0.05, 0) is 48.6 Å². The topological polar surface area (TPSA) is 43.1 Å². The molecule has 0 saturated heterocycles. The molecule has 1 atom stereocenters. The van der Waals surface area contributed by atoms with Crippen LogP contribution in [0.4, 0.5) is 5.69 Å². The second-order valence-corrected chi connectivity index (χ2v) is 5.16. The van der Waals surface area contributed by atoms with E-state index >= 15 is 0 Å². The third kappa shape index (κ3) is 4.90.